The van der Waals surface area contributed by atoms with Crippen molar-refractivity contribution in [3.05, 3.63) is 0 Å². The Morgan fingerprint density at radius 3 is 2.20 bits per heavy atom. The van der Waals surface area contributed by atoms with E-state index in [1.807, 2.05) is 0 Å². The second-order valence-electron chi connectivity index (χ2n) is 3.67. The van der Waals surface area contributed by atoms with Gasteiger partial charge in [0.25, 0.3) is 0 Å². The molecule has 0 aromatic heterocycles. The van der Waals surface area contributed by atoms with E-state index < -0.39 is 9.04 Å². The molecule has 0 aromatic carbocycles. The number of hydrogen-bond acceptors (Lipinski definition) is 2. The van der Waals surface area contributed by atoms with Gasteiger partial charge in [-0.3, -0.25) is 0 Å². The highest BCUT2D eigenvalue weighted by Crippen LogP contribution is 2.26. The Balaban J connectivity index is 3.52. The minimum Gasteiger partial charge on any atom is -0.418 e. The van der Waals surface area contributed by atoms with Crippen LogP contribution in [0.3, 0.4) is 0 Å². The molecule has 10 heavy (non-hydrogen) atoms. The van der Waals surface area contributed by atoms with Crippen molar-refractivity contribution in [1.82, 2.24) is 0 Å². The fourth-order valence-corrected chi connectivity index (χ4v) is 1.48. The van der Waals surface area contributed by atoms with E-state index in [1.165, 1.54) is 0 Å². The third-order valence-corrected chi connectivity index (χ3v) is 4.88. The second-order valence-corrected chi connectivity index (χ2v) is 7.02. The van der Waals surface area contributed by atoms with Crippen molar-refractivity contribution in [2.75, 3.05) is 13.2 Å². The zero-order valence-corrected chi connectivity index (χ0v) is 8.63. The largest absolute Gasteiger partial charge is 0.418 e. The van der Waals surface area contributed by atoms with Gasteiger partial charge in [-0.1, -0.05) is 20.8 Å². The molecule has 1 unspecified atom stereocenters. The maximum atomic E-state index is 5.57. The van der Waals surface area contributed by atoms with Gasteiger partial charge in [-0.05, 0) is 11.6 Å². The van der Waals surface area contributed by atoms with Crippen molar-refractivity contribution >= 4 is 9.04 Å². The van der Waals surface area contributed by atoms with Crippen molar-refractivity contribution in [3.63, 3.8) is 0 Å². The monoisotopic (exact) mass is 161 g/mol. The fraction of sp³-hybridized carbons (Fsp3) is 1.00. The molecule has 0 saturated carbocycles. The van der Waals surface area contributed by atoms with Crippen LogP contribution in [0.25, 0.3) is 0 Å². The molecule has 0 spiro atoms. The maximum absolute atomic E-state index is 5.57. The highest BCUT2D eigenvalue weighted by molar-refractivity contribution is 6.53. The van der Waals surface area contributed by atoms with Gasteiger partial charge in [0.1, 0.15) is 0 Å². The lowest BCUT2D eigenvalue weighted by atomic mass is 10.3. The molecular weight excluding hydrogens is 142 g/mol. The van der Waals surface area contributed by atoms with Crippen LogP contribution in [0.4, 0.5) is 0 Å². The number of hydrogen-bond donors (Lipinski definition) is 1. The Bertz CT molecular complexity index is 90.1. The van der Waals surface area contributed by atoms with E-state index in [4.69, 9.17) is 10.2 Å². The molecule has 2 nitrogen and oxygen atoms in total. The molecular formula is C7H19NOSi. The normalized spacial score (nSPS) is 15.3. The molecule has 0 saturated heterocycles. The predicted molar refractivity (Wildman–Crippen MR) is 47.7 cm³/mol. The van der Waals surface area contributed by atoms with E-state index in [1.54, 1.807) is 0 Å². The van der Waals surface area contributed by atoms with Crippen molar-refractivity contribution < 1.29 is 4.43 Å². The van der Waals surface area contributed by atoms with Crippen molar-refractivity contribution in [3.8, 4) is 0 Å². The van der Waals surface area contributed by atoms with Crippen LogP contribution in [0.2, 0.25) is 11.6 Å². The lowest BCUT2D eigenvalue weighted by molar-refractivity contribution is 0.316. The highest BCUT2D eigenvalue weighted by Gasteiger charge is 2.22. The minimum atomic E-state index is -0.988. The van der Waals surface area contributed by atoms with Gasteiger partial charge in [-0.25, -0.2) is 0 Å². The average Bonchev–Trinajstić information content (AvgIpc) is 1.80. The predicted octanol–water partition coefficient (Wildman–Crippen LogP) is 1.12. The summed E-state index contributed by atoms with van der Waals surface area (Å²) in [5.74, 6) is 0. The van der Waals surface area contributed by atoms with E-state index in [2.05, 4.69) is 27.3 Å². The van der Waals surface area contributed by atoms with Gasteiger partial charge in [-0.2, -0.15) is 0 Å². The van der Waals surface area contributed by atoms with E-state index in [0.717, 1.165) is 6.61 Å². The Kier molecular flexibility index (Phi) is 4.16. The Labute approximate surface area is 65.5 Å². The van der Waals surface area contributed by atoms with Crippen LogP contribution in [0.5, 0.6) is 0 Å². The van der Waals surface area contributed by atoms with Gasteiger partial charge in [0.2, 0.25) is 0 Å². The number of nitrogens with two attached hydrogens (primary N) is 1. The third kappa shape index (κ3) is 4.03. The summed E-state index contributed by atoms with van der Waals surface area (Å²) in [6.45, 7) is 10.3. The summed E-state index contributed by atoms with van der Waals surface area (Å²) >= 11 is 0. The van der Waals surface area contributed by atoms with Gasteiger partial charge in [-0.15, -0.1) is 0 Å². The van der Waals surface area contributed by atoms with Crippen molar-refractivity contribution in [2.24, 2.45) is 5.73 Å². The van der Waals surface area contributed by atoms with Crippen LogP contribution in [0, 0.1) is 0 Å². The molecule has 0 aliphatic carbocycles. The first-order valence-electron chi connectivity index (χ1n) is 3.80. The van der Waals surface area contributed by atoms with Gasteiger partial charge < -0.3 is 10.2 Å². The first kappa shape index (κ1) is 10.1. The SMILES string of the molecule is C[SiH](OCCN)C(C)(C)C. The van der Waals surface area contributed by atoms with Crippen LogP contribution in [-0.4, -0.2) is 22.2 Å². The highest BCUT2D eigenvalue weighted by atomic mass is 28.3. The van der Waals surface area contributed by atoms with Gasteiger partial charge in [0, 0.05) is 13.2 Å². The molecule has 2 N–H and O–H groups in total. The Hall–Kier alpha value is 0.137. The number of rotatable bonds is 3. The summed E-state index contributed by atoms with van der Waals surface area (Å²) in [4.78, 5) is 0. The molecule has 0 aromatic rings. The summed E-state index contributed by atoms with van der Waals surface area (Å²) < 4.78 is 5.57. The maximum Gasteiger partial charge on any atom is 0.179 e. The third-order valence-electron chi connectivity index (χ3n) is 1.71. The summed E-state index contributed by atoms with van der Waals surface area (Å²) in [6, 6.07) is 0. The Morgan fingerprint density at radius 1 is 1.40 bits per heavy atom. The van der Waals surface area contributed by atoms with E-state index in [9.17, 15) is 0 Å². The van der Waals surface area contributed by atoms with Crippen molar-refractivity contribution in [2.45, 2.75) is 32.4 Å². The molecule has 1 atom stereocenters. The van der Waals surface area contributed by atoms with Gasteiger partial charge in [0.15, 0.2) is 9.04 Å². The molecule has 0 fully saturated rings. The summed E-state index contributed by atoms with van der Waals surface area (Å²) in [6.07, 6.45) is 0. The van der Waals surface area contributed by atoms with Crippen LogP contribution in [-0.2, 0) is 4.43 Å². The first-order chi connectivity index (χ1) is 4.48. The van der Waals surface area contributed by atoms with Gasteiger partial charge >= 0.3 is 0 Å². The quantitative estimate of drug-likeness (QED) is 0.629. The molecule has 0 heterocycles. The zero-order valence-electron chi connectivity index (χ0n) is 7.48. The van der Waals surface area contributed by atoms with Crippen LogP contribution in [0.15, 0.2) is 0 Å². The summed E-state index contributed by atoms with van der Waals surface area (Å²) in [5.41, 5.74) is 5.32. The van der Waals surface area contributed by atoms with E-state index >= 15 is 0 Å². The Morgan fingerprint density at radius 2 is 1.90 bits per heavy atom. The summed E-state index contributed by atoms with van der Waals surface area (Å²) in [7, 11) is -0.988. The molecule has 0 rings (SSSR count). The molecule has 62 valence electrons. The molecule has 0 radical (unpaired) electrons. The van der Waals surface area contributed by atoms with E-state index in [0.29, 0.717) is 11.6 Å². The first-order valence-corrected chi connectivity index (χ1v) is 6.00. The van der Waals surface area contributed by atoms with Crippen LogP contribution >= 0.6 is 0 Å². The van der Waals surface area contributed by atoms with E-state index in [-0.39, 0.29) is 0 Å². The smallest absolute Gasteiger partial charge is 0.179 e. The van der Waals surface area contributed by atoms with Crippen LogP contribution in [0.1, 0.15) is 20.8 Å². The van der Waals surface area contributed by atoms with Gasteiger partial charge in [0.05, 0.1) is 0 Å². The lowest BCUT2D eigenvalue weighted by Gasteiger charge is -2.25. The van der Waals surface area contributed by atoms with Crippen molar-refractivity contribution in [1.29, 1.82) is 0 Å². The molecule has 3 heteroatoms. The molecule has 0 amide bonds. The lowest BCUT2D eigenvalue weighted by Crippen LogP contribution is -2.28. The minimum absolute atomic E-state index is 0.370. The van der Waals surface area contributed by atoms with Crippen LogP contribution < -0.4 is 5.73 Å². The average molecular weight is 161 g/mol. The zero-order chi connectivity index (χ0) is 8.20. The topological polar surface area (TPSA) is 35.2 Å². The standard InChI is InChI=1S/C7H19NOSi/c1-7(2,3)10(4)9-6-5-8/h10H,5-6,8H2,1-4H3. The second kappa shape index (κ2) is 4.11. The fourth-order valence-electron chi connectivity index (χ4n) is 0.495. The molecule has 0 aliphatic rings. The molecule has 0 aliphatic heterocycles. The molecule has 0 bridgehead atoms. The summed E-state index contributed by atoms with van der Waals surface area (Å²) in [5, 5.41) is 0.370.